The first kappa shape index (κ1) is 9.93. The summed E-state index contributed by atoms with van der Waals surface area (Å²) in [7, 11) is 2.63. The third kappa shape index (κ3) is 6.06. The van der Waals surface area contributed by atoms with Crippen LogP contribution in [0.15, 0.2) is 0 Å². The van der Waals surface area contributed by atoms with Gasteiger partial charge in [-0.2, -0.15) is 0 Å². The second kappa shape index (κ2) is 7.04. The Morgan fingerprint density at radius 1 is 1.70 bits per heavy atom. The number of methoxy groups -OCH3 is 1. The van der Waals surface area contributed by atoms with E-state index in [1.807, 2.05) is 0 Å². The third-order valence-electron chi connectivity index (χ3n) is 0.518. The molecule has 0 rings (SSSR count). The summed E-state index contributed by atoms with van der Waals surface area (Å²) in [5.41, 5.74) is 5.17. The first-order valence-corrected chi connectivity index (χ1v) is 4.79. The third-order valence-corrected chi connectivity index (χ3v) is 2.21. The van der Waals surface area contributed by atoms with Gasteiger partial charge in [0.2, 0.25) is 0 Å². The first-order valence-electron chi connectivity index (χ1n) is 2.55. The molecule has 2 N–H and O–H groups in total. The van der Waals surface area contributed by atoms with E-state index < -0.39 is 6.16 Å². The summed E-state index contributed by atoms with van der Waals surface area (Å²) in [4.78, 5) is 10.3. The van der Waals surface area contributed by atoms with Gasteiger partial charge in [-0.3, -0.25) is 0 Å². The molecular formula is C4H9NO3S2. The normalized spacial score (nSPS) is 9.00. The Hall–Kier alpha value is -0.0700. The Kier molecular flexibility index (Phi) is 6.99. The van der Waals surface area contributed by atoms with Crippen LogP contribution in [-0.4, -0.2) is 25.6 Å². The molecule has 0 fully saturated rings. The number of hydrogen-bond donors (Lipinski definition) is 1. The minimum Gasteiger partial charge on any atom is -0.437 e. The highest BCUT2D eigenvalue weighted by Gasteiger charge is 1.99. The van der Waals surface area contributed by atoms with E-state index >= 15 is 0 Å². The van der Waals surface area contributed by atoms with E-state index in [2.05, 4.69) is 8.92 Å². The SMILES string of the molecule is COC(=O)OSSCCN. The van der Waals surface area contributed by atoms with Gasteiger partial charge in [0, 0.05) is 12.3 Å². The van der Waals surface area contributed by atoms with Crippen molar-refractivity contribution in [2.75, 3.05) is 19.4 Å². The van der Waals surface area contributed by atoms with Crippen LogP contribution < -0.4 is 5.73 Å². The molecule has 60 valence electrons. The van der Waals surface area contributed by atoms with E-state index in [9.17, 15) is 4.79 Å². The Bertz CT molecular complexity index is 101. The van der Waals surface area contributed by atoms with Crippen LogP contribution in [0, 0.1) is 0 Å². The number of nitrogens with two attached hydrogens (primary N) is 1. The standard InChI is InChI=1S/C4H9NO3S2/c1-7-4(6)8-10-9-3-2-5/h2-3,5H2,1H3. The molecule has 0 aromatic rings. The van der Waals surface area contributed by atoms with Crippen molar-refractivity contribution in [2.45, 2.75) is 0 Å². The summed E-state index contributed by atoms with van der Waals surface area (Å²) in [5, 5.41) is 0. The van der Waals surface area contributed by atoms with Crippen molar-refractivity contribution in [1.82, 2.24) is 0 Å². The van der Waals surface area contributed by atoms with Crippen LogP contribution in [0.3, 0.4) is 0 Å². The van der Waals surface area contributed by atoms with Crippen molar-refractivity contribution >= 4 is 28.0 Å². The molecule has 0 bridgehead atoms. The fourth-order valence-corrected chi connectivity index (χ4v) is 1.31. The monoisotopic (exact) mass is 183 g/mol. The van der Waals surface area contributed by atoms with Gasteiger partial charge in [-0.1, -0.05) is 0 Å². The minimum absolute atomic E-state index is 0.572. The summed E-state index contributed by atoms with van der Waals surface area (Å²) in [5.74, 6) is 0.752. The molecule has 0 aliphatic heterocycles. The Morgan fingerprint density at radius 2 is 2.40 bits per heavy atom. The van der Waals surface area contributed by atoms with Gasteiger partial charge < -0.3 is 14.7 Å². The van der Waals surface area contributed by atoms with Gasteiger partial charge in [-0.15, -0.1) is 0 Å². The quantitative estimate of drug-likeness (QED) is 0.304. The highest BCUT2D eigenvalue weighted by Crippen LogP contribution is 2.21. The van der Waals surface area contributed by atoms with Crippen molar-refractivity contribution < 1.29 is 13.7 Å². The van der Waals surface area contributed by atoms with Crippen molar-refractivity contribution in [3.8, 4) is 0 Å². The van der Waals surface area contributed by atoms with E-state index in [0.717, 1.165) is 16.8 Å². The topological polar surface area (TPSA) is 61.5 Å². The highest BCUT2D eigenvalue weighted by molar-refractivity contribution is 8.75. The van der Waals surface area contributed by atoms with E-state index in [1.54, 1.807) is 0 Å². The second-order valence-corrected chi connectivity index (χ2v) is 3.28. The Labute approximate surface area is 67.4 Å². The summed E-state index contributed by atoms with van der Waals surface area (Å²) in [6, 6.07) is 0. The molecule has 0 aliphatic rings. The number of rotatable bonds is 4. The molecule has 4 nitrogen and oxygen atoms in total. The fraction of sp³-hybridized carbons (Fsp3) is 0.750. The van der Waals surface area contributed by atoms with E-state index in [0.29, 0.717) is 6.54 Å². The lowest BCUT2D eigenvalue weighted by Crippen LogP contribution is -2.01. The van der Waals surface area contributed by atoms with Crippen LogP contribution in [0.25, 0.3) is 0 Å². The van der Waals surface area contributed by atoms with E-state index in [-0.39, 0.29) is 0 Å². The molecule has 10 heavy (non-hydrogen) atoms. The van der Waals surface area contributed by atoms with Crippen LogP contribution in [-0.2, 0) is 8.92 Å². The Morgan fingerprint density at radius 3 is 2.90 bits per heavy atom. The fourth-order valence-electron chi connectivity index (χ4n) is 0.168. The van der Waals surface area contributed by atoms with Crippen molar-refractivity contribution in [2.24, 2.45) is 5.73 Å². The largest absolute Gasteiger partial charge is 0.521 e. The minimum atomic E-state index is -0.686. The average molecular weight is 183 g/mol. The van der Waals surface area contributed by atoms with Gasteiger partial charge in [-0.05, 0) is 10.8 Å². The number of carbonyl (C=O) groups excluding carboxylic acids is 1. The average Bonchev–Trinajstić information content (AvgIpc) is 1.98. The van der Waals surface area contributed by atoms with Crippen LogP contribution in [0.5, 0.6) is 0 Å². The maximum absolute atomic E-state index is 10.3. The molecule has 0 saturated heterocycles. The molecule has 0 aliphatic carbocycles. The predicted molar refractivity (Wildman–Crippen MR) is 42.6 cm³/mol. The zero-order chi connectivity index (χ0) is 7.82. The van der Waals surface area contributed by atoms with Gasteiger partial charge in [0.05, 0.1) is 7.11 Å². The summed E-state index contributed by atoms with van der Waals surface area (Å²) in [6.45, 7) is 0.572. The molecule has 0 aromatic heterocycles. The van der Waals surface area contributed by atoms with Gasteiger partial charge in [0.1, 0.15) is 11.1 Å². The highest BCUT2D eigenvalue weighted by atomic mass is 33.1. The van der Waals surface area contributed by atoms with E-state index in [1.165, 1.54) is 17.9 Å². The summed E-state index contributed by atoms with van der Waals surface area (Å²) < 4.78 is 8.66. The summed E-state index contributed by atoms with van der Waals surface area (Å²) >= 11 is 0.973. The lowest BCUT2D eigenvalue weighted by atomic mass is 10.8. The number of carbonyl (C=O) groups is 1. The molecule has 0 aromatic carbocycles. The molecule has 6 heteroatoms. The second-order valence-electron chi connectivity index (χ2n) is 1.22. The summed E-state index contributed by atoms with van der Waals surface area (Å²) in [6.07, 6.45) is -0.686. The van der Waals surface area contributed by atoms with Crippen LogP contribution in [0.2, 0.25) is 0 Å². The van der Waals surface area contributed by atoms with Crippen molar-refractivity contribution in [1.29, 1.82) is 0 Å². The van der Waals surface area contributed by atoms with Crippen LogP contribution >= 0.6 is 21.9 Å². The van der Waals surface area contributed by atoms with Crippen molar-refractivity contribution in [3.05, 3.63) is 0 Å². The van der Waals surface area contributed by atoms with Crippen LogP contribution in [0.1, 0.15) is 0 Å². The molecule has 0 heterocycles. The zero-order valence-electron chi connectivity index (χ0n) is 5.53. The lowest BCUT2D eigenvalue weighted by Gasteiger charge is -1.97. The number of ether oxygens (including phenoxy) is 1. The smallest absolute Gasteiger partial charge is 0.437 e. The molecule has 0 unspecified atom stereocenters. The van der Waals surface area contributed by atoms with Gasteiger partial charge in [0.15, 0.2) is 0 Å². The molecule has 0 atom stereocenters. The van der Waals surface area contributed by atoms with Crippen LogP contribution in [0.4, 0.5) is 4.79 Å². The molecule has 0 amide bonds. The molecule has 0 saturated carbocycles. The molecule has 0 radical (unpaired) electrons. The lowest BCUT2D eigenvalue weighted by molar-refractivity contribution is 0.130. The molecule has 0 spiro atoms. The maximum Gasteiger partial charge on any atom is 0.521 e. The van der Waals surface area contributed by atoms with Gasteiger partial charge in [-0.25, -0.2) is 4.79 Å². The predicted octanol–water partition coefficient (Wildman–Crippen LogP) is 1.02. The maximum atomic E-state index is 10.3. The van der Waals surface area contributed by atoms with Gasteiger partial charge in [0.25, 0.3) is 0 Å². The Balaban J connectivity index is 2.96. The number of hydrogen-bond acceptors (Lipinski definition) is 6. The van der Waals surface area contributed by atoms with Gasteiger partial charge >= 0.3 is 6.16 Å². The molecular weight excluding hydrogens is 174 g/mol. The zero-order valence-corrected chi connectivity index (χ0v) is 7.17. The first-order chi connectivity index (χ1) is 4.81. The van der Waals surface area contributed by atoms with Crippen molar-refractivity contribution in [3.63, 3.8) is 0 Å². The van der Waals surface area contributed by atoms with E-state index in [4.69, 9.17) is 5.73 Å².